The monoisotopic (exact) mass is 178 g/mol. The number of aromatic nitrogens is 4. The number of nitrogens with zero attached hydrogens (tertiary/aromatic N) is 2. The average Bonchev–Trinajstić information content (AvgIpc) is 2.74. The Labute approximate surface area is 72.6 Å². The quantitative estimate of drug-likeness (QED) is 0.623. The molecule has 0 aliphatic carbocycles. The van der Waals surface area contributed by atoms with Crippen LogP contribution in [0.5, 0.6) is 0 Å². The molecule has 0 unspecified atom stereocenters. The van der Waals surface area contributed by atoms with E-state index in [1.807, 2.05) is 0 Å². The fourth-order valence-electron chi connectivity index (χ4n) is 1.06. The van der Waals surface area contributed by atoms with Crippen molar-refractivity contribution < 1.29 is 9.90 Å². The summed E-state index contributed by atoms with van der Waals surface area (Å²) in [7, 11) is 0. The lowest BCUT2D eigenvalue weighted by atomic mass is 10.2. The normalized spacial score (nSPS) is 10.2. The van der Waals surface area contributed by atoms with E-state index in [0.717, 1.165) is 0 Å². The first-order valence-corrected chi connectivity index (χ1v) is 3.55. The summed E-state index contributed by atoms with van der Waals surface area (Å²) in [4.78, 5) is 10.7. The smallest absolute Gasteiger partial charge is 0.354 e. The SMILES string of the molecule is O=C(O)c1[nH]ncc1-c1ccn[nH]1. The molecule has 0 atom stereocenters. The number of aromatic amines is 2. The third-order valence-corrected chi connectivity index (χ3v) is 1.64. The van der Waals surface area contributed by atoms with Gasteiger partial charge in [0.15, 0.2) is 5.69 Å². The van der Waals surface area contributed by atoms with E-state index in [1.54, 1.807) is 12.3 Å². The molecular weight excluding hydrogens is 172 g/mol. The van der Waals surface area contributed by atoms with Crippen LogP contribution in [0.4, 0.5) is 0 Å². The molecule has 0 saturated carbocycles. The highest BCUT2D eigenvalue weighted by atomic mass is 16.4. The van der Waals surface area contributed by atoms with Crippen molar-refractivity contribution in [3.05, 3.63) is 24.2 Å². The van der Waals surface area contributed by atoms with Gasteiger partial charge in [0.2, 0.25) is 0 Å². The zero-order valence-corrected chi connectivity index (χ0v) is 6.48. The van der Waals surface area contributed by atoms with Crippen molar-refractivity contribution in [3.8, 4) is 11.3 Å². The second-order valence-electron chi connectivity index (χ2n) is 2.43. The number of H-pyrrole nitrogens is 2. The molecule has 2 rings (SSSR count). The summed E-state index contributed by atoms with van der Waals surface area (Å²) < 4.78 is 0. The number of nitrogens with one attached hydrogen (secondary N) is 2. The predicted octanol–water partition coefficient (Wildman–Crippen LogP) is 0.498. The molecule has 0 spiro atoms. The van der Waals surface area contributed by atoms with E-state index in [2.05, 4.69) is 20.4 Å². The average molecular weight is 178 g/mol. The molecule has 3 N–H and O–H groups in total. The number of carboxylic acid groups (broad SMARTS) is 1. The third kappa shape index (κ3) is 1.18. The predicted molar refractivity (Wildman–Crippen MR) is 43.1 cm³/mol. The first-order chi connectivity index (χ1) is 6.29. The van der Waals surface area contributed by atoms with Crippen molar-refractivity contribution >= 4 is 5.97 Å². The Kier molecular flexibility index (Phi) is 1.59. The van der Waals surface area contributed by atoms with Crippen molar-refractivity contribution in [2.45, 2.75) is 0 Å². The molecule has 0 saturated heterocycles. The van der Waals surface area contributed by atoms with Crippen LogP contribution in [0.15, 0.2) is 18.5 Å². The first-order valence-electron chi connectivity index (χ1n) is 3.55. The van der Waals surface area contributed by atoms with Gasteiger partial charge in [-0.05, 0) is 6.07 Å². The van der Waals surface area contributed by atoms with Crippen LogP contribution in [0.1, 0.15) is 10.5 Å². The topological polar surface area (TPSA) is 94.7 Å². The van der Waals surface area contributed by atoms with Gasteiger partial charge in [-0.2, -0.15) is 10.2 Å². The largest absolute Gasteiger partial charge is 0.477 e. The van der Waals surface area contributed by atoms with Gasteiger partial charge < -0.3 is 5.11 Å². The standard InChI is InChI=1S/C7H6N4O2/c12-7(13)6-4(3-9-11-6)5-1-2-8-10-5/h1-3H,(H,8,10)(H,9,11)(H,12,13). The first kappa shape index (κ1) is 7.53. The summed E-state index contributed by atoms with van der Waals surface area (Å²) in [5.74, 6) is -1.04. The summed E-state index contributed by atoms with van der Waals surface area (Å²) in [5, 5.41) is 21.2. The molecule has 6 nitrogen and oxygen atoms in total. The maximum absolute atomic E-state index is 10.7. The molecule has 0 aliphatic heterocycles. The van der Waals surface area contributed by atoms with E-state index in [0.29, 0.717) is 11.3 Å². The van der Waals surface area contributed by atoms with Gasteiger partial charge in [-0.25, -0.2) is 4.79 Å². The molecule has 6 heteroatoms. The zero-order valence-electron chi connectivity index (χ0n) is 6.48. The van der Waals surface area contributed by atoms with Crippen LogP contribution in [-0.4, -0.2) is 31.5 Å². The second-order valence-corrected chi connectivity index (χ2v) is 2.43. The molecule has 0 bridgehead atoms. The van der Waals surface area contributed by atoms with Crippen LogP contribution in [0.3, 0.4) is 0 Å². The highest BCUT2D eigenvalue weighted by Crippen LogP contribution is 2.18. The Morgan fingerprint density at radius 2 is 2.23 bits per heavy atom. The molecule has 2 heterocycles. The lowest BCUT2D eigenvalue weighted by Crippen LogP contribution is -1.98. The molecule has 2 aromatic rings. The number of hydrogen-bond donors (Lipinski definition) is 3. The van der Waals surface area contributed by atoms with E-state index < -0.39 is 5.97 Å². The van der Waals surface area contributed by atoms with Crippen molar-refractivity contribution in [3.63, 3.8) is 0 Å². The molecule has 0 amide bonds. The second kappa shape index (κ2) is 2.74. The fraction of sp³-hybridized carbons (Fsp3) is 0. The zero-order chi connectivity index (χ0) is 9.26. The van der Waals surface area contributed by atoms with Crippen LogP contribution in [0.2, 0.25) is 0 Å². The summed E-state index contributed by atoms with van der Waals surface area (Å²) in [5.41, 5.74) is 1.19. The fourth-order valence-corrected chi connectivity index (χ4v) is 1.06. The molecule has 0 fully saturated rings. The van der Waals surface area contributed by atoms with Crippen molar-refractivity contribution in [1.29, 1.82) is 0 Å². The molecule has 0 aromatic carbocycles. The Morgan fingerprint density at radius 3 is 2.85 bits per heavy atom. The van der Waals surface area contributed by atoms with E-state index in [9.17, 15) is 4.79 Å². The van der Waals surface area contributed by atoms with Gasteiger partial charge in [0.1, 0.15) is 0 Å². The highest BCUT2D eigenvalue weighted by Gasteiger charge is 2.14. The van der Waals surface area contributed by atoms with Crippen molar-refractivity contribution in [2.75, 3.05) is 0 Å². The van der Waals surface area contributed by atoms with Crippen molar-refractivity contribution in [2.24, 2.45) is 0 Å². The summed E-state index contributed by atoms with van der Waals surface area (Å²) in [6.45, 7) is 0. The van der Waals surface area contributed by atoms with Gasteiger partial charge in [0.05, 0.1) is 17.5 Å². The van der Waals surface area contributed by atoms with E-state index in [4.69, 9.17) is 5.11 Å². The number of aromatic carboxylic acids is 1. The Hall–Kier alpha value is -2.11. The summed E-state index contributed by atoms with van der Waals surface area (Å²) in [6.07, 6.45) is 2.99. The van der Waals surface area contributed by atoms with Crippen LogP contribution >= 0.6 is 0 Å². The minimum Gasteiger partial charge on any atom is -0.477 e. The molecule has 0 aliphatic rings. The molecule has 66 valence electrons. The summed E-state index contributed by atoms with van der Waals surface area (Å²) in [6, 6.07) is 1.68. The Bertz CT molecular complexity index is 417. The Balaban J connectivity index is 2.52. The number of carbonyl (C=O) groups is 1. The molecule has 2 aromatic heterocycles. The number of carboxylic acids is 1. The maximum Gasteiger partial charge on any atom is 0.354 e. The van der Waals surface area contributed by atoms with Crippen LogP contribution < -0.4 is 0 Å². The minimum atomic E-state index is -1.04. The van der Waals surface area contributed by atoms with Gasteiger partial charge in [-0.1, -0.05) is 0 Å². The minimum absolute atomic E-state index is 0.0595. The van der Waals surface area contributed by atoms with Crippen LogP contribution in [-0.2, 0) is 0 Å². The van der Waals surface area contributed by atoms with Crippen LogP contribution in [0, 0.1) is 0 Å². The van der Waals surface area contributed by atoms with Crippen LogP contribution in [0.25, 0.3) is 11.3 Å². The van der Waals surface area contributed by atoms with E-state index in [1.165, 1.54) is 6.20 Å². The number of rotatable bonds is 2. The third-order valence-electron chi connectivity index (χ3n) is 1.64. The van der Waals surface area contributed by atoms with Gasteiger partial charge in [0, 0.05) is 6.20 Å². The molecule has 13 heavy (non-hydrogen) atoms. The van der Waals surface area contributed by atoms with E-state index >= 15 is 0 Å². The van der Waals surface area contributed by atoms with Gasteiger partial charge in [-0.15, -0.1) is 0 Å². The van der Waals surface area contributed by atoms with Gasteiger partial charge in [-0.3, -0.25) is 10.2 Å². The van der Waals surface area contributed by atoms with Gasteiger partial charge in [0.25, 0.3) is 0 Å². The van der Waals surface area contributed by atoms with E-state index in [-0.39, 0.29) is 5.69 Å². The van der Waals surface area contributed by atoms with Gasteiger partial charge >= 0.3 is 5.97 Å². The van der Waals surface area contributed by atoms with Crippen molar-refractivity contribution in [1.82, 2.24) is 20.4 Å². The molecule has 0 radical (unpaired) electrons. The lowest BCUT2D eigenvalue weighted by molar-refractivity contribution is 0.0691. The highest BCUT2D eigenvalue weighted by molar-refractivity contribution is 5.92. The lowest BCUT2D eigenvalue weighted by Gasteiger charge is -1.92. The molecular formula is C7H6N4O2. The Morgan fingerprint density at radius 1 is 1.38 bits per heavy atom. The number of hydrogen-bond acceptors (Lipinski definition) is 3. The maximum atomic E-state index is 10.7. The summed E-state index contributed by atoms with van der Waals surface area (Å²) >= 11 is 0.